The van der Waals surface area contributed by atoms with Crippen LogP contribution in [0.15, 0.2) is 0 Å². The van der Waals surface area contributed by atoms with E-state index in [0.717, 1.165) is 25.2 Å². The van der Waals surface area contributed by atoms with E-state index in [0.29, 0.717) is 37.5 Å². The third-order valence-electron chi connectivity index (χ3n) is 7.87. The second kappa shape index (κ2) is 11.1. The van der Waals surface area contributed by atoms with Crippen LogP contribution in [0.25, 0.3) is 0 Å². The van der Waals surface area contributed by atoms with Gasteiger partial charge in [-0.3, -0.25) is 0 Å². The largest absolute Gasteiger partial charge is 0.394 e. The Balaban J connectivity index is 1.72. The van der Waals surface area contributed by atoms with Gasteiger partial charge in [-0.25, -0.2) is 0 Å². The van der Waals surface area contributed by atoms with Gasteiger partial charge in [0.1, 0.15) is 0 Å². The summed E-state index contributed by atoms with van der Waals surface area (Å²) in [5.41, 5.74) is -1.37. The molecule has 3 heteroatoms. The number of hydrogen-bond donors (Lipinski definition) is 0. The minimum atomic E-state index is -4.01. The first-order valence-corrected chi connectivity index (χ1v) is 12.0. The van der Waals surface area contributed by atoms with E-state index in [2.05, 4.69) is 6.92 Å². The number of halogens is 3. The van der Waals surface area contributed by atoms with Crippen molar-refractivity contribution in [2.75, 3.05) is 0 Å². The monoisotopic (exact) mass is 388 g/mol. The fourth-order valence-corrected chi connectivity index (χ4v) is 5.84. The zero-order valence-corrected chi connectivity index (χ0v) is 17.9. The summed E-state index contributed by atoms with van der Waals surface area (Å²) in [6, 6.07) is 0. The van der Waals surface area contributed by atoms with Crippen LogP contribution in [0.3, 0.4) is 0 Å². The lowest BCUT2D eigenvalue weighted by atomic mass is 9.62. The van der Waals surface area contributed by atoms with E-state index in [1.54, 1.807) is 0 Å². The normalized spacial score (nSPS) is 32.6. The van der Waals surface area contributed by atoms with Gasteiger partial charge in [-0.15, -0.1) is 0 Å². The molecule has 2 aliphatic carbocycles. The van der Waals surface area contributed by atoms with Crippen molar-refractivity contribution in [1.29, 1.82) is 0 Å². The van der Waals surface area contributed by atoms with Gasteiger partial charge in [0.05, 0.1) is 5.41 Å². The lowest BCUT2D eigenvalue weighted by Crippen LogP contribution is -2.42. The Hall–Kier alpha value is -0.210. The van der Waals surface area contributed by atoms with E-state index in [1.165, 1.54) is 64.2 Å². The van der Waals surface area contributed by atoms with Crippen LogP contribution in [0.5, 0.6) is 0 Å². The van der Waals surface area contributed by atoms with E-state index in [4.69, 9.17) is 0 Å². The molecule has 0 aromatic carbocycles. The first kappa shape index (κ1) is 23.1. The van der Waals surface area contributed by atoms with Crippen LogP contribution in [-0.2, 0) is 0 Å². The molecule has 2 saturated carbocycles. The summed E-state index contributed by atoms with van der Waals surface area (Å²) < 4.78 is 41.2. The number of hydrogen-bond acceptors (Lipinski definition) is 0. The van der Waals surface area contributed by atoms with Crippen molar-refractivity contribution in [3.05, 3.63) is 0 Å². The van der Waals surface area contributed by atoms with Gasteiger partial charge < -0.3 is 0 Å². The highest BCUT2D eigenvalue weighted by Gasteiger charge is 2.55. The molecule has 0 saturated heterocycles. The van der Waals surface area contributed by atoms with E-state index in [1.807, 2.05) is 6.92 Å². The molecule has 160 valence electrons. The fraction of sp³-hybridized carbons (Fsp3) is 1.00. The average Bonchev–Trinajstić information content (AvgIpc) is 2.66. The summed E-state index contributed by atoms with van der Waals surface area (Å²) in [7, 11) is 0. The zero-order chi connectivity index (χ0) is 19.8. The third kappa shape index (κ3) is 6.67. The van der Waals surface area contributed by atoms with Crippen molar-refractivity contribution in [2.24, 2.45) is 23.2 Å². The highest BCUT2D eigenvalue weighted by atomic mass is 19.4. The molecule has 0 unspecified atom stereocenters. The number of rotatable bonds is 10. The van der Waals surface area contributed by atoms with Crippen molar-refractivity contribution in [2.45, 2.75) is 129 Å². The molecule has 2 fully saturated rings. The molecule has 0 nitrogen and oxygen atoms in total. The second-order valence-corrected chi connectivity index (χ2v) is 9.70. The van der Waals surface area contributed by atoms with Gasteiger partial charge in [0.15, 0.2) is 0 Å². The van der Waals surface area contributed by atoms with E-state index >= 15 is 0 Å². The topological polar surface area (TPSA) is 0 Å². The molecule has 0 radical (unpaired) electrons. The van der Waals surface area contributed by atoms with Crippen molar-refractivity contribution in [3.8, 4) is 0 Å². The predicted octanol–water partition coefficient (Wildman–Crippen LogP) is 9.08. The maximum Gasteiger partial charge on any atom is 0.394 e. The van der Waals surface area contributed by atoms with Crippen LogP contribution in [0.4, 0.5) is 13.2 Å². The Kier molecular flexibility index (Phi) is 9.48. The lowest BCUT2D eigenvalue weighted by Gasteiger charge is -2.44. The average molecular weight is 389 g/mol. The Morgan fingerprint density at radius 2 is 1.26 bits per heavy atom. The summed E-state index contributed by atoms with van der Waals surface area (Å²) in [6.07, 6.45) is 13.7. The van der Waals surface area contributed by atoms with Crippen molar-refractivity contribution in [1.82, 2.24) is 0 Å². The Morgan fingerprint density at radius 3 is 1.81 bits per heavy atom. The maximum atomic E-state index is 13.7. The fourth-order valence-electron chi connectivity index (χ4n) is 5.84. The van der Waals surface area contributed by atoms with Crippen LogP contribution < -0.4 is 0 Å². The molecule has 0 spiro atoms. The molecule has 2 rings (SSSR count). The minimum Gasteiger partial charge on any atom is -0.171 e. The Bertz CT molecular complexity index is 385. The highest BCUT2D eigenvalue weighted by Crippen LogP contribution is 2.55. The maximum absolute atomic E-state index is 13.7. The Morgan fingerprint density at radius 1 is 0.704 bits per heavy atom. The summed E-state index contributed by atoms with van der Waals surface area (Å²) in [5, 5.41) is 0. The third-order valence-corrected chi connectivity index (χ3v) is 7.87. The molecule has 0 atom stereocenters. The van der Waals surface area contributed by atoms with Gasteiger partial charge in [-0.05, 0) is 62.7 Å². The predicted molar refractivity (Wildman–Crippen MR) is 109 cm³/mol. The standard InChI is InChI=1S/C24H43F3/c1-3-5-7-8-9-10-20-11-13-21(14-12-20)22-15-18-23(19-16-22,17-6-4-2)24(25,26)27/h20-22H,3-19H2,1-2H3/t20?,21?,22-,23+. The second-order valence-electron chi connectivity index (χ2n) is 9.70. The van der Waals surface area contributed by atoms with Crippen molar-refractivity contribution < 1.29 is 13.2 Å². The SMILES string of the molecule is CCCCCCCC1CCC([C@H]2CC[C@@](CCCC)(C(F)(F)F)CC2)CC1. The van der Waals surface area contributed by atoms with Crippen LogP contribution in [0, 0.1) is 23.2 Å². The lowest BCUT2D eigenvalue weighted by molar-refractivity contribution is -0.241. The van der Waals surface area contributed by atoms with Crippen LogP contribution in [-0.4, -0.2) is 6.18 Å². The minimum absolute atomic E-state index is 0.352. The van der Waals surface area contributed by atoms with Crippen molar-refractivity contribution >= 4 is 0 Å². The molecule has 0 aliphatic heterocycles. The molecule has 0 amide bonds. The molecule has 0 N–H and O–H groups in total. The first-order chi connectivity index (χ1) is 12.9. The highest BCUT2D eigenvalue weighted by molar-refractivity contribution is 4.93. The number of alkyl halides is 3. The van der Waals surface area contributed by atoms with Crippen LogP contribution in [0.1, 0.15) is 123 Å². The summed E-state index contributed by atoms with van der Waals surface area (Å²) in [4.78, 5) is 0. The Labute approximate surface area is 166 Å². The zero-order valence-electron chi connectivity index (χ0n) is 17.9. The summed E-state index contributed by atoms with van der Waals surface area (Å²) in [6.45, 7) is 4.26. The van der Waals surface area contributed by atoms with Gasteiger partial charge in [0, 0.05) is 0 Å². The van der Waals surface area contributed by atoms with Gasteiger partial charge >= 0.3 is 6.18 Å². The quantitative estimate of drug-likeness (QED) is 0.327. The molecule has 0 aromatic heterocycles. The summed E-state index contributed by atoms with van der Waals surface area (Å²) in [5.74, 6) is 2.16. The van der Waals surface area contributed by atoms with E-state index in [-0.39, 0.29) is 0 Å². The van der Waals surface area contributed by atoms with E-state index < -0.39 is 11.6 Å². The van der Waals surface area contributed by atoms with Gasteiger partial charge in [-0.1, -0.05) is 78.1 Å². The smallest absolute Gasteiger partial charge is 0.171 e. The molecular formula is C24H43F3. The van der Waals surface area contributed by atoms with Crippen LogP contribution in [0.2, 0.25) is 0 Å². The summed E-state index contributed by atoms with van der Waals surface area (Å²) >= 11 is 0. The van der Waals surface area contributed by atoms with Crippen molar-refractivity contribution in [3.63, 3.8) is 0 Å². The molecule has 0 heterocycles. The number of unbranched alkanes of at least 4 members (excludes halogenated alkanes) is 5. The van der Waals surface area contributed by atoms with E-state index in [9.17, 15) is 13.2 Å². The molecular weight excluding hydrogens is 345 g/mol. The molecule has 2 aliphatic rings. The molecule has 0 aromatic rings. The van der Waals surface area contributed by atoms with Gasteiger partial charge in [-0.2, -0.15) is 13.2 Å². The van der Waals surface area contributed by atoms with Gasteiger partial charge in [0.25, 0.3) is 0 Å². The molecule has 27 heavy (non-hydrogen) atoms. The van der Waals surface area contributed by atoms with Crippen LogP contribution >= 0.6 is 0 Å². The first-order valence-electron chi connectivity index (χ1n) is 12.0. The van der Waals surface area contributed by atoms with Gasteiger partial charge in [0.2, 0.25) is 0 Å². The molecule has 0 bridgehead atoms.